The Kier molecular flexibility index (Phi) is 2.94. The Morgan fingerprint density at radius 3 is 2.88 bits per heavy atom. The topological polar surface area (TPSA) is 59.2 Å². The molecule has 0 N–H and O–H groups in total. The van der Waals surface area contributed by atoms with Gasteiger partial charge in [-0.3, -0.25) is 4.79 Å². The minimum Gasteiger partial charge on any atom is -0.337 e. The second kappa shape index (κ2) is 4.23. The summed E-state index contributed by atoms with van der Waals surface area (Å²) in [4.78, 5) is 18.0. The first-order valence-electron chi connectivity index (χ1n) is 5.70. The zero-order chi connectivity index (χ0) is 11.7. The van der Waals surface area contributed by atoms with Gasteiger partial charge in [0.05, 0.1) is 0 Å². The Bertz CT molecular complexity index is 386. The van der Waals surface area contributed by atoms with Crippen molar-refractivity contribution in [3.8, 4) is 0 Å². The van der Waals surface area contributed by atoms with Crippen LogP contribution < -0.4 is 0 Å². The molecule has 0 bridgehead atoms. The Morgan fingerprint density at radius 1 is 1.56 bits per heavy atom. The van der Waals surface area contributed by atoms with E-state index < -0.39 is 0 Å². The summed E-state index contributed by atoms with van der Waals surface area (Å²) < 4.78 is 5.15. The number of likely N-dealkylation sites (tertiary alicyclic amines) is 1. The number of rotatable bonds is 2. The van der Waals surface area contributed by atoms with E-state index in [0.717, 1.165) is 19.4 Å². The summed E-state index contributed by atoms with van der Waals surface area (Å²) in [6.45, 7) is 6.41. The van der Waals surface area contributed by atoms with Crippen molar-refractivity contribution in [1.29, 1.82) is 0 Å². The number of nitrogens with zero attached hydrogens (tertiary/aromatic N) is 3. The average molecular weight is 223 g/mol. The fraction of sp³-hybridized carbons (Fsp3) is 0.727. The first kappa shape index (κ1) is 11.1. The van der Waals surface area contributed by atoms with Gasteiger partial charge in [-0.1, -0.05) is 19.0 Å². The third-order valence-corrected chi connectivity index (χ3v) is 2.86. The lowest BCUT2D eigenvalue weighted by Gasteiger charge is -2.23. The van der Waals surface area contributed by atoms with Crippen LogP contribution in [0.5, 0.6) is 0 Å². The molecule has 1 saturated heterocycles. The summed E-state index contributed by atoms with van der Waals surface area (Å²) in [5.74, 6) is 1.38. The van der Waals surface area contributed by atoms with Crippen molar-refractivity contribution in [2.24, 2.45) is 5.92 Å². The summed E-state index contributed by atoms with van der Waals surface area (Å²) in [5, 5.41) is 3.78. The molecule has 1 aliphatic heterocycles. The number of aryl methyl sites for hydroxylation is 1. The van der Waals surface area contributed by atoms with Crippen LogP contribution in [-0.2, 0) is 4.79 Å². The molecule has 88 valence electrons. The molecule has 16 heavy (non-hydrogen) atoms. The standard InChI is InChI=1S/C11H17N3O2/c1-7(2)11(15)14-6-4-5-9(14)10-12-8(3)13-16-10/h7,9H,4-6H2,1-3H3. The van der Waals surface area contributed by atoms with Crippen molar-refractivity contribution in [3.05, 3.63) is 11.7 Å². The minimum absolute atomic E-state index is 0.0175. The van der Waals surface area contributed by atoms with E-state index in [4.69, 9.17) is 4.52 Å². The molecule has 2 heterocycles. The fourth-order valence-electron chi connectivity index (χ4n) is 2.07. The van der Waals surface area contributed by atoms with Gasteiger partial charge < -0.3 is 9.42 Å². The van der Waals surface area contributed by atoms with E-state index in [0.29, 0.717) is 11.7 Å². The average Bonchev–Trinajstić information content (AvgIpc) is 2.83. The molecule has 1 aliphatic rings. The zero-order valence-corrected chi connectivity index (χ0v) is 9.93. The Labute approximate surface area is 94.8 Å². The second-order valence-corrected chi connectivity index (χ2v) is 4.52. The Morgan fingerprint density at radius 2 is 2.31 bits per heavy atom. The number of amides is 1. The lowest BCUT2D eigenvalue weighted by atomic mass is 10.1. The number of aromatic nitrogens is 2. The molecule has 0 saturated carbocycles. The zero-order valence-electron chi connectivity index (χ0n) is 9.93. The van der Waals surface area contributed by atoms with Crippen molar-refractivity contribution in [2.75, 3.05) is 6.54 Å². The number of hydrogen-bond donors (Lipinski definition) is 0. The van der Waals surface area contributed by atoms with Crippen LogP contribution in [0.3, 0.4) is 0 Å². The van der Waals surface area contributed by atoms with Crippen molar-refractivity contribution in [3.63, 3.8) is 0 Å². The molecule has 0 radical (unpaired) electrons. The highest BCUT2D eigenvalue weighted by Crippen LogP contribution is 2.31. The van der Waals surface area contributed by atoms with E-state index in [1.54, 1.807) is 6.92 Å². The van der Waals surface area contributed by atoms with Crippen LogP contribution in [0.15, 0.2) is 4.52 Å². The molecule has 1 unspecified atom stereocenters. The maximum atomic E-state index is 12.0. The molecule has 5 nitrogen and oxygen atoms in total. The summed E-state index contributed by atoms with van der Waals surface area (Å²) in [6.07, 6.45) is 1.92. The van der Waals surface area contributed by atoms with Crippen LogP contribution in [0.25, 0.3) is 0 Å². The van der Waals surface area contributed by atoms with E-state index in [-0.39, 0.29) is 17.9 Å². The van der Waals surface area contributed by atoms with Crippen LogP contribution in [0.2, 0.25) is 0 Å². The van der Waals surface area contributed by atoms with Crippen molar-refractivity contribution in [1.82, 2.24) is 15.0 Å². The van der Waals surface area contributed by atoms with Crippen LogP contribution in [-0.4, -0.2) is 27.5 Å². The Balaban J connectivity index is 2.18. The van der Waals surface area contributed by atoms with Gasteiger partial charge in [-0.25, -0.2) is 0 Å². The lowest BCUT2D eigenvalue weighted by Crippen LogP contribution is -2.33. The number of carbonyl (C=O) groups excluding carboxylic acids is 1. The van der Waals surface area contributed by atoms with Crippen LogP contribution >= 0.6 is 0 Å². The van der Waals surface area contributed by atoms with Gasteiger partial charge in [-0.2, -0.15) is 4.98 Å². The van der Waals surface area contributed by atoms with Crippen molar-refractivity contribution in [2.45, 2.75) is 39.7 Å². The molecule has 2 rings (SSSR count). The van der Waals surface area contributed by atoms with Crippen LogP contribution in [0.4, 0.5) is 0 Å². The normalized spacial score (nSPS) is 20.8. The van der Waals surface area contributed by atoms with Crippen molar-refractivity contribution >= 4 is 5.91 Å². The largest absolute Gasteiger partial charge is 0.337 e. The Hall–Kier alpha value is -1.39. The fourth-order valence-corrected chi connectivity index (χ4v) is 2.07. The molecule has 1 fully saturated rings. The summed E-state index contributed by atoms with van der Waals surface area (Å²) in [5.41, 5.74) is 0. The van der Waals surface area contributed by atoms with E-state index >= 15 is 0 Å². The maximum Gasteiger partial charge on any atom is 0.249 e. The third kappa shape index (κ3) is 1.94. The molecule has 1 amide bonds. The third-order valence-electron chi connectivity index (χ3n) is 2.86. The smallest absolute Gasteiger partial charge is 0.249 e. The molecule has 0 aromatic carbocycles. The molecule has 0 aliphatic carbocycles. The monoisotopic (exact) mass is 223 g/mol. The molecule has 1 aromatic rings. The second-order valence-electron chi connectivity index (χ2n) is 4.52. The highest BCUT2D eigenvalue weighted by molar-refractivity contribution is 5.78. The molecular formula is C11H17N3O2. The van der Waals surface area contributed by atoms with Gasteiger partial charge >= 0.3 is 0 Å². The van der Waals surface area contributed by atoms with Crippen molar-refractivity contribution < 1.29 is 9.32 Å². The van der Waals surface area contributed by atoms with Gasteiger partial charge in [-0.15, -0.1) is 0 Å². The van der Waals surface area contributed by atoms with E-state index in [1.165, 1.54) is 0 Å². The highest BCUT2D eigenvalue weighted by atomic mass is 16.5. The van der Waals surface area contributed by atoms with Gasteiger partial charge in [0, 0.05) is 12.5 Å². The molecule has 1 aromatic heterocycles. The van der Waals surface area contributed by atoms with Crippen LogP contribution in [0, 0.1) is 12.8 Å². The van der Waals surface area contributed by atoms with Gasteiger partial charge in [0.25, 0.3) is 0 Å². The summed E-state index contributed by atoms with van der Waals surface area (Å²) >= 11 is 0. The first-order valence-corrected chi connectivity index (χ1v) is 5.70. The predicted octanol–water partition coefficient (Wildman–Crippen LogP) is 1.70. The van der Waals surface area contributed by atoms with E-state index in [9.17, 15) is 4.79 Å². The molecule has 5 heteroatoms. The SMILES string of the molecule is Cc1noc(C2CCCN2C(=O)C(C)C)n1. The van der Waals surface area contributed by atoms with E-state index in [2.05, 4.69) is 10.1 Å². The quantitative estimate of drug-likeness (QED) is 0.765. The molecule has 0 spiro atoms. The first-order chi connectivity index (χ1) is 7.59. The predicted molar refractivity (Wildman–Crippen MR) is 57.6 cm³/mol. The van der Waals surface area contributed by atoms with E-state index in [1.807, 2.05) is 18.7 Å². The summed E-state index contributed by atoms with van der Waals surface area (Å²) in [7, 11) is 0. The summed E-state index contributed by atoms with van der Waals surface area (Å²) in [6, 6.07) is -0.0175. The van der Waals surface area contributed by atoms with Gasteiger partial charge in [-0.05, 0) is 19.8 Å². The van der Waals surface area contributed by atoms with Gasteiger partial charge in [0.1, 0.15) is 6.04 Å². The maximum absolute atomic E-state index is 12.0. The number of hydrogen-bond acceptors (Lipinski definition) is 4. The van der Waals surface area contributed by atoms with Gasteiger partial charge in [0.15, 0.2) is 5.82 Å². The van der Waals surface area contributed by atoms with Crippen LogP contribution in [0.1, 0.15) is 44.4 Å². The highest BCUT2D eigenvalue weighted by Gasteiger charge is 2.34. The van der Waals surface area contributed by atoms with Gasteiger partial charge in [0.2, 0.25) is 11.8 Å². The molecular weight excluding hydrogens is 206 g/mol. The minimum atomic E-state index is -0.0175. The number of carbonyl (C=O) groups is 1. The molecule has 1 atom stereocenters. The lowest BCUT2D eigenvalue weighted by molar-refractivity contribution is -0.135.